The van der Waals surface area contributed by atoms with Gasteiger partial charge in [0.1, 0.15) is 5.75 Å². The molecule has 0 saturated carbocycles. The molecule has 2 heteroatoms. The molecule has 2 nitrogen and oxygen atoms in total. The molecule has 2 unspecified atom stereocenters. The number of nitrogens with one attached hydrogen (secondary N) is 1. The lowest BCUT2D eigenvalue weighted by Gasteiger charge is -2.36. The fourth-order valence-corrected chi connectivity index (χ4v) is 2.23. The first kappa shape index (κ1) is 11.5. The quantitative estimate of drug-likeness (QED) is 0.843. The van der Waals surface area contributed by atoms with Crippen LogP contribution in [0.25, 0.3) is 0 Å². The molecule has 1 heterocycles. The van der Waals surface area contributed by atoms with Crippen molar-refractivity contribution < 1.29 is 4.74 Å². The van der Waals surface area contributed by atoms with Crippen LogP contribution in [0, 0.1) is 5.92 Å². The molecule has 1 N–H and O–H groups in total. The summed E-state index contributed by atoms with van der Waals surface area (Å²) in [5, 5.41) is 3.45. The van der Waals surface area contributed by atoms with Crippen molar-refractivity contribution in [2.75, 3.05) is 13.7 Å². The molecule has 1 fully saturated rings. The normalized spacial score (nSPS) is 24.3. The maximum Gasteiger partial charge on any atom is 0.123 e. The van der Waals surface area contributed by atoms with Crippen molar-refractivity contribution in [2.45, 2.75) is 32.7 Å². The van der Waals surface area contributed by atoms with Crippen LogP contribution in [-0.4, -0.2) is 13.7 Å². The maximum atomic E-state index is 5.50. The molecule has 1 aliphatic heterocycles. The molecule has 0 spiro atoms. The second-order valence-corrected chi connectivity index (χ2v) is 5.02. The second kappa shape index (κ2) is 4.46. The third-order valence-electron chi connectivity index (χ3n) is 3.49. The van der Waals surface area contributed by atoms with Gasteiger partial charge in [-0.3, -0.25) is 0 Å². The first-order valence-electron chi connectivity index (χ1n) is 6.04. The average molecular weight is 219 g/mol. The third kappa shape index (κ3) is 1.94. The summed E-state index contributed by atoms with van der Waals surface area (Å²) in [6.07, 6.45) is 0. The van der Waals surface area contributed by atoms with Crippen LogP contribution >= 0.6 is 0 Å². The SMILES string of the molecule is COc1cc(C(C)C)ccc1C1NCC1C. The van der Waals surface area contributed by atoms with Crippen molar-refractivity contribution in [3.05, 3.63) is 29.3 Å². The summed E-state index contributed by atoms with van der Waals surface area (Å²) in [7, 11) is 1.76. The summed E-state index contributed by atoms with van der Waals surface area (Å²) < 4.78 is 5.50. The molecule has 2 rings (SSSR count). The number of hydrogen-bond acceptors (Lipinski definition) is 2. The van der Waals surface area contributed by atoms with E-state index in [4.69, 9.17) is 4.74 Å². The van der Waals surface area contributed by atoms with E-state index in [1.807, 2.05) is 0 Å². The van der Waals surface area contributed by atoms with E-state index in [0.29, 0.717) is 17.9 Å². The van der Waals surface area contributed by atoms with E-state index in [9.17, 15) is 0 Å². The molecular formula is C14H21NO. The first-order valence-corrected chi connectivity index (χ1v) is 6.04. The highest BCUT2D eigenvalue weighted by atomic mass is 16.5. The van der Waals surface area contributed by atoms with Gasteiger partial charge in [0.25, 0.3) is 0 Å². The van der Waals surface area contributed by atoms with E-state index in [2.05, 4.69) is 44.3 Å². The van der Waals surface area contributed by atoms with E-state index in [0.717, 1.165) is 12.3 Å². The standard InChI is InChI=1S/C14H21NO/c1-9(2)11-5-6-12(13(7-11)16-4)14-10(3)8-15-14/h5-7,9-10,14-15H,8H2,1-4H3. The van der Waals surface area contributed by atoms with Gasteiger partial charge in [-0.05, 0) is 23.5 Å². The molecule has 1 aliphatic rings. The Morgan fingerprint density at radius 1 is 1.38 bits per heavy atom. The number of rotatable bonds is 3. The number of benzene rings is 1. The highest BCUT2D eigenvalue weighted by molar-refractivity contribution is 5.41. The molecule has 1 aromatic carbocycles. The molecule has 0 aromatic heterocycles. The molecule has 88 valence electrons. The Morgan fingerprint density at radius 2 is 2.12 bits per heavy atom. The van der Waals surface area contributed by atoms with Crippen molar-refractivity contribution in [3.63, 3.8) is 0 Å². The highest BCUT2D eigenvalue weighted by Gasteiger charge is 2.29. The smallest absolute Gasteiger partial charge is 0.123 e. The van der Waals surface area contributed by atoms with Gasteiger partial charge in [-0.15, -0.1) is 0 Å². The fraction of sp³-hybridized carbons (Fsp3) is 0.571. The molecule has 0 radical (unpaired) electrons. The van der Waals surface area contributed by atoms with Crippen molar-refractivity contribution >= 4 is 0 Å². The molecule has 0 bridgehead atoms. The van der Waals surface area contributed by atoms with Crippen molar-refractivity contribution in [1.82, 2.24) is 5.32 Å². The minimum atomic E-state index is 0.469. The fourth-order valence-electron chi connectivity index (χ4n) is 2.23. The van der Waals surface area contributed by atoms with E-state index in [1.165, 1.54) is 11.1 Å². The summed E-state index contributed by atoms with van der Waals surface area (Å²) in [6.45, 7) is 7.80. The molecule has 1 saturated heterocycles. The summed E-state index contributed by atoms with van der Waals surface area (Å²) in [4.78, 5) is 0. The van der Waals surface area contributed by atoms with Gasteiger partial charge in [0.2, 0.25) is 0 Å². The Morgan fingerprint density at radius 3 is 2.56 bits per heavy atom. The van der Waals surface area contributed by atoms with Crippen molar-refractivity contribution in [1.29, 1.82) is 0 Å². The van der Waals surface area contributed by atoms with E-state index < -0.39 is 0 Å². The Bertz CT molecular complexity index is 373. The van der Waals surface area contributed by atoms with Crippen LogP contribution in [0.5, 0.6) is 5.75 Å². The molecule has 2 atom stereocenters. The van der Waals surface area contributed by atoms with Crippen LogP contribution < -0.4 is 10.1 Å². The van der Waals surface area contributed by atoms with Crippen LogP contribution in [0.15, 0.2) is 18.2 Å². The lowest BCUT2D eigenvalue weighted by Crippen LogP contribution is -2.44. The molecule has 0 aliphatic carbocycles. The summed E-state index contributed by atoms with van der Waals surface area (Å²) >= 11 is 0. The summed E-state index contributed by atoms with van der Waals surface area (Å²) in [6, 6.07) is 7.07. The number of hydrogen-bond donors (Lipinski definition) is 1. The van der Waals surface area contributed by atoms with Gasteiger partial charge >= 0.3 is 0 Å². The monoisotopic (exact) mass is 219 g/mol. The van der Waals surface area contributed by atoms with Crippen LogP contribution in [-0.2, 0) is 0 Å². The summed E-state index contributed by atoms with van der Waals surface area (Å²) in [5.74, 6) is 2.28. The Balaban J connectivity index is 2.31. The van der Waals surface area contributed by atoms with E-state index >= 15 is 0 Å². The highest BCUT2D eigenvalue weighted by Crippen LogP contribution is 2.36. The second-order valence-electron chi connectivity index (χ2n) is 5.02. The van der Waals surface area contributed by atoms with Crippen molar-refractivity contribution in [3.8, 4) is 5.75 Å². The largest absolute Gasteiger partial charge is 0.496 e. The Kier molecular flexibility index (Phi) is 3.20. The zero-order valence-corrected chi connectivity index (χ0v) is 10.6. The lowest BCUT2D eigenvalue weighted by molar-refractivity contribution is 0.250. The van der Waals surface area contributed by atoms with Gasteiger partial charge in [0, 0.05) is 18.2 Å². The van der Waals surface area contributed by atoms with Gasteiger partial charge in [0.05, 0.1) is 7.11 Å². The lowest BCUT2D eigenvalue weighted by atomic mass is 9.86. The number of methoxy groups -OCH3 is 1. The maximum absolute atomic E-state index is 5.50. The number of ether oxygens (including phenoxy) is 1. The molecule has 16 heavy (non-hydrogen) atoms. The first-order chi connectivity index (χ1) is 7.63. The zero-order valence-electron chi connectivity index (χ0n) is 10.6. The van der Waals surface area contributed by atoms with Crippen molar-refractivity contribution in [2.24, 2.45) is 5.92 Å². The van der Waals surface area contributed by atoms with Gasteiger partial charge in [-0.1, -0.05) is 32.9 Å². The van der Waals surface area contributed by atoms with Crippen LogP contribution in [0.1, 0.15) is 43.9 Å². The molecular weight excluding hydrogens is 198 g/mol. The van der Waals surface area contributed by atoms with Crippen LogP contribution in [0.2, 0.25) is 0 Å². The third-order valence-corrected chi connectivity index (χ3v) is 3.49. The average Bonchev–Trinajstić information content (AvgIpc) is 2.27. The van der Waals surface area contributed by atoms with Gasteiger partial charge in [0.15, 0.2) is 0 Å². The minimum Gasteiger partial charge on any atom is -0.496 e. The van der Waals surface area contributed by atoms with Crippen LogP contribution in [0.4, 0.5) is 0 Å². The molecule has 0 amide bonds. The Labute approximate surface area is 98.0 Å². The Hall–Kier alpha value is -1.02. The van der Waals surface area contributed by atoms with Gasteiger partial charge in [-0.2, -0.15) is 0 Å². The predicted octanol–water partition coefficient (Wildman–Crippen LogP) is 3.10. The van der Waals surface area contributed by atoms with Gasteiger partial charge in [-0.25, -0.2) is 0 Å². The van der Waals surface area contributed by atoms with E-state index in [1.54, 1.807) is 7.11 Å². The van der Waals surface area contributed by atoms with E-state index in [-0.39, 0.29) is 0 Å². The zero-order chi connectivity index (χ0) is 11.7. The topological polar surface area (TPSA) is 21.3 Å². The predicted molar refractivity (Wildman–Crippen MR) is 67.0 cm³/mol. The minimum absolute atomic E-state index is 0.469. The van der Waals surface area contributed by atoms with Gasteiger partial charge < -0.3 is 10.1 Å². The molecule has 1 aromatic rings. The van der Waals surface area contributed by atoms with Crippen LogP contribution in [0.3, 0.4) is 0 Å². The summed E-state index contributed by atoms with van der Waals surface area (Å²) in [5.41, 5.74) is 2.64.